The average Bonchev–Trinajstić information content (AvgIpc) is 3.33. The fourth-order valence-electron chi connectivity index (χ4n) is 7.63. The van der Waals surface area contributed by atoms with Gasteiger partial charge in [0.05, 0.1) is 0 Å². The zero-order valence-corrected chi connectivity index (χ0v) is 43.9. The Balaban J connectivity index is 4.44. The second kappa shape index (κ2) is 55.2. The molecule has 0 unspecified atom stereocenters. The fraction of sp³-hybridized carbons (Fsp3) is 0.721. The lowest BCUT2D eigenvalue weighted by Crippen LogP contribution is -2.30. The highest BCUT2D eigenvalue weighted by molar-refractivity contribution is 5.71. The van der Waals surface area contributed by atoms with Crippen molar-refractivity contribution in [3.63, 3.8) is 0 Å². The summed E-state index contributed by atoms with van der Waals surface area (Å²) in [7, 11) is 0. The van der Waals surface area contributed by atoms with E-state index in [0.29, 0.717) is 19.3 Å². The van der Waals surface area contributed by atoms with Crippen LogP contribution in [0.2, 0.25) is 0 Å². The first kappa shape index (κ1) is 63.6. The van der Waals surface area contributed by atoms with E-state index < -0.39 is 6.10 Å². The van der Waals surface area contributed by atoms with Crippen LogP contribution in [0.4, 0.5) is 0 Å². The smallest absolute Gasteiger partial charge is 0.306 e. The van der Waals surface area contributed by atoms with Gasteiger partial charge in [-0.2, -0.15) is 0 Å². The lowest BCUT2D eigenvalue weighted by Gasteiger charge is -2.18. The Hall–Kier alpha value is -3.41. The van der Waals surface area contributed by atoms with Crippen LogP contribution in [0.15, 0.2) is 85.1 Å². The summed E-state index contributed by atoms with van der Waals surface area (Å²) in [4.78, 5) is 38.1. The van der Waals surface area contributed by atoms with Crippen LogP contribution < -0.4 is 0 Å². The molecule has 0 aliphatic heterocycles. The molecule has 0 bridgehead atoms. The SMILES string of the molecule is CC/C=C\C/C=C\C/C=C\CCCCCCCC(=O)OC[C@H](COC(=O)CCCCCCCCCCC/C=C\CCCCCCCC)OC(=O)CCCC/C=C\C/C=C\C/C=C\CCCCC. The van der Waals surface area contributed by atoms with Gasteiger partial charge in [0.2, 0.25) is 0 Å². The molecule has 0 N–H and O–H groups in total. The zero-order valence-electron chi connectivity index (χ0n) is 43.9. The Morgan fingerprint density at radius 1 is 0.313 bits per heavy atom. The molecule has 0 amide bonds. The normalized spacial score (nSPS) is 12.7. The van der Waals surface area contributed by atoms with Crippen LogP contribution in [-0.2, 0) is 28.6 Å². The molecule has 0 spiro atoms. The maximum Gasteiger partial charge on any atom is 0.306 e. The molecule has 0 rings (SSSR count). The number of carbonyl (C=O) groups excluding carboxylic acids is 3. The summed E-state index contributed by atoms with van der Waals surface area (Å²) in [6, 6.07) is 0. The van der Waals surface area contributed by atoms with E-state index in [-0.39, 0.29) is 37.5 Å². The first-order valence-corrected chi connectivity index (χ1v) is 28.1. The third-order valence-electron chi connectivity index (χ3n) is 11.9. The van der Waals surface area contributed by atoms with Gasteiger partial charge in [0.1, 0.15) is 13.2 Å². The van der Waals surface area contributed by atoms with E-state index in [1.54, 1.807) is 0 Å². The Morgan fingerprint density at radius 2 is 0.582 bits per heavy atom. The van der Waals surface area contributed by atoms with Gasteiger partial charge >= 0.3 is 17.9 Å². The molecule has 384 valence electrons. The van der Waals surface area contributed by atoms with Gasteiger partial charge in [0.25, 0.3) is 0 Å². The van der Waals surface area contributed by atoms with Crippen LogP contribution >= 0.6 is 0 Å². The molecule has 0 saturated heterocycles. The molecule has 0 aromatic carbocycles. The van der Waals surface area contributed by atoms with Crippen molar-refractivity contribution in [2.75, 3.05) is 13.2 Å². The van der Waals surface area contributed by atoms with Gasteiger partial charge in [-0.05, 0) is 116 Å². The third-order valence-corrected chi connectivity index (χ3v) is 11.9. The Morgan fingerprint density at radius 3 is 0.985 bits per heavy atom. The molecule has 0 fully saturated rings. The number of unbranched alkanes of at least 4 members (excludes halogenated alkanes) is 25. The van der Waals surface area contributed by atoms with Crippen molar-refractivity contribution in [1.82, 2.24) is 0 Å². The van der Waals surface area contributed by atoms with Crippen molar-refractivity contribution < 1.29 is 28.6 Å². The maximum atomic E-state index is 12.8. The Labute approximate surface area is 414 Å². The number of ether oxygens (including phenoxy) is 3. The zero-order chi connectivity index (χ0) is 48.6. The Kier molecular flexibility index (Phi) is 52.4. The number of rotatable bonds is 50. The lowest BCUT2D eigenvalue weighted by atomic mass is 10.1. The van der Waals surface area contributed by atoms with Crippen molar-refractivity contribution in [2.24, 2.45) is 0 Å². The van der Waals surface area contributed by atoms with Gasteiger partial charge in [0, 0.05) is 19.3 Å². The van der Waals surface area contributed by atoms with Crippen LogP contribution in [0.3, 0.4) is 0 Å². The molecule has 0 heterocycles. The van der Waals surface area contributed by atoms with E-state index in [4.69, 9.17) is 14.2 Å². The molecule has 0 aliphatic rings. The molecule has 0 radical (unpaired) electrons. The summed E-state index contributed by atoms with van der Waals surface area (Å²) in [6.07, 6.45) is 71.4. The number of carbonyl (C=O) groups is 3. The van der Waals surface area contributed by atoms with Gasteiger partial charge in [0.15, 0.2) is 6.10 Å². The molecule has 6 heteroatoms. The van der Waals surface area contributed by atoms with Crippen molar-refractivity contribution in [3.8, 4) is 0 Å². The van der Waals surface area contributed by atoms with Crippen molar-refractivity contribution in [1.29, 1.82) is 0 Å². The third kappa shape index (κ3) is 53.4. The molecule has 0 aliphatic carbocycles. The van der Waals surface area contributed by atoms with E-state index in [1.165, 1.54) is 116 Å². The molecule has 0 saturated carbocycles. The van der Waals surface area contributed by atoms with E-state index in [1.807, 2.05) is 0 Å². The molecule has 6 nitrogen and oxygen atoms in total. The standard InChI is InChI=1S/C61H104O6/c1-4-7-10-13-16-19-22-25-28-29-30-31-34-36-39-42-45-48-51-54-60(63)66-57-58(67-61(64)55-52-49-46-43-40-37-33-27-24-21-18-15-12-9-6-3)56-65-59(62)53-50-47-44-41-38-35-32-26-23-20-17-14-11-8-5-2/h8,11,17-18,20-21,25-28,32-33,40,43,58H,4-7,9-10,12-16,19,22-24,29-31,34-39,41-42,44-57H2,1-3H3/b11-8-,20-17-,21-18-,28-25-,32-26-,33-27-,43-40-/t58-/m1/s1. The molecular formula is C61H104O6. The minimum Gasteiger partial charge on any atom is -0.462 e. The summed E-state index contributed by atoms with van der Waals surface area (Å²) < 4.78 is 16.8. The van der Waals surface area contributed by atoms with E-state index in [9.17, 15) is 14.4 Å². The second-order valence-electron chi connectivity index (χ2n) is 18.5. The first-order chi connectivity index (χ1) is 33.0. The quantitative estimate of drug-likeness (QED) is 0.0262. The van der Waals surface area contributed by atoms with Gasteiger partial charge in [-0.15, -0.1) is 0 Å². The van der Waals surface area contributed by atoms with Gasteiger partial charge in [-0.1, -0.05) is 215 Å². The number of hydrogen-bond donors (Lipinski definition) is 0. The highest BCUT2D eigenvalue weighted by atomic mass is 16.6. The minimum absolute atomic E-state index is 0.0985. The van der Waals surface area contributed by atoms with Crippen LogP contribution in [0.5, 0.6) is 0 Å². The van der Waals surface area contributed by atoms with E-state index in [0.717, 1.165) is 103 Å². The summed E-state index contributed by atoms with van der Waals surface area (Å²) in [5.41, 5.74) is 0. The van der Waals surface area contributed by atoms with E-state index in [2.05, 4.69) is 106 Å². The molecule has 0 aromatic rings. The highest BCUT2D eigenvalue weighted by Crippen LogP contribution is 2.14. The summed E-state index contributed by atoms with van der Waals surface area (Å²) >= 11 is 0. The van der Waals surface area contributed by atoms with Crippen LogP contribution in [0, 0.1) is 0 Å². The predicted octanol–water partition coefficient (Wildman–Crippen LogP) is 18.8. The molecule has 0 aromatic heterocycles. The van der Waals surface area contributed by atoms with Crippen molar-refractivity contribution >= 4 is 17.9 Å². The average molecular weight is 933 g/mol. The fourth-order valence-corrected chi connectivity index (χ4v) is 7.63. The van der Waals surface area contributed by atoms with Crippen molar-refractivity contribution in [2.45, 2.75) is 271 Å². The molecular weight excluding hydrogens is 829 g/mol. The number of esters is 3. The largest absolute Gasteiger partial charge is 0.462 e. The summed E-state index contributed by atoms with van der Waals surface area (Å²) in [5, 5.41) is 0. The molecule has 1 atom stereocenters. The molecule has 67 heavy (non-hydrogen) atoms. The van der Waals surface area contributed by atoms with Gasteiger partial charge in [-0.25, -0.2) is 0 Å². The van der Waals surface area contributed by atoms with Crippen LogP contribution in [-0.4, -0.2) is 37.2 Å². The van der Waals surface area contributed by atoms with Crippen LogP contribution in [0.25, 0.3) is 0 Å². The highest BCUT2D eigenvalue weighted by Gasteiger charge is 2.19. The minimum atomic E-state index is -0.805. The first-order valence-electron chi connectivity index (χ1n) is 28.1. The maximum absolute atomic E-state index is 12.8. The second-order valence-corrected chi connectivity index (χ2v) is 18.5. The Bertz CT molecular complexity index is 1300. The number of allylic oxidation sites excluding steroid dienone is 14. The number of hydrogen-bond acceptors (Lipinski definition) is 6. The van der Waals surface area contributed by atoms with Crippen LogP contribution in [0.1, 0.15) is 265 Å². The topological polar surface area (TPSA) is 78.9 Å². The summed E-state index contributed by atoms with van der Waals surface area (Å²) in [5.74, 6) is -0.953. The lowest BCUT2D eigenvalue weighted by molar-refractivity contribution is -0.167. The van der Waals surface area contributed by atoms with Crippen molar-refractivity contribution in [3.05, 3.63) is 85.1 Å². The monoisotopic (exact) mass is 933 g/mol. The van der Waals surface area contributed by atoms with Gasteiger partial charge < -0.3 is 14.2 Å². The van der Waals surface area contributed by atoms with E-state index >= 15 is 0 Å². The predicted molar refractivity (Wildman–Crippen MR) is 288 cm³/mol. The summed E-state index contributed by atoms with van der Waals surface area (Å²) in [6.45, 7) is 6.46. The van der Waals surface area contributed by atoms with Gasteiger partial charge in [-0.3, -0.25) is 14.4 Å².